The van der Waals surface area contributed by atoms with Crippen molar-refractivity contribution in [3.8, 4) is 11.1 Å². The number of hydrogen-bond acceptors (Lipinski definition) is 5. The number of thiocarbonyl (C=S) groups is 1. The number of rotatable bonds is 3. The highest BCUT2D eigenvalue weighted by molar-refractivity contribution is 7.93. The molecule has 0 atom stereocenters. The molecule has 2 aromatic rings. The molecule has 0 saturated carbocycles. The van der Waals surface area contributed by atoms with Crippen molar-refractivity contribution in [1.29, 1.82) is 0 Å². The van der Waals surface area contributed by atoms with Crippen molar-refractivity contribution < 1.29 is 17.2 Å². The van der Waals surface area contributed by atoms with Crippen LogP contribution in [0.5, 0.6) is 0 Å². The van der Waals surface area contributed by atoms with Gasteiger partial charge < -0.3 is 11.1 Å². The second kappa shape index (κ2) is 6.56. The number of anilines is 1. The third-order valence-electron chi connectivity index (χ3n) is 2.79. The van der Waals surface area contributed by atoms with E-state index in [0.29, 0.717) is 11.3 Å². The van der Waals surface area contributed by atoms with Crippen LogP contribution in [0.3, 0.4) is 0 Å². The molecule has 0 aliphatic rings. The van der Waals surface area contributed by atoms with E-state index >= 15 is 0 Å². The summed E-state index contributed by atoms with van der Waals surface area (Å²) in [6.07, 6.45) is 0. The molecule has 5 nitrogen and oxygen atoms in total. The Kier molecular flexibility index (Phi) is 5.09. The minimum Gasteiger partial charge on any atom is -0.396 e. The first-order chi connectivity index (χ1) is 10.7. The summed E-state index contributed by atoms with van der Waals surface area (Å²) < 4.78 is 53.4. The molecule has 1 heterocycles. The molecule has 124 valence electrons. The quantitative estimate of drug-likeness (QED) is 0.693. The Balaban J connectivity index is 2.61. The second-order valence-electron chi connectivity index (χ2n) is 4.24. The molecule has 0 radical (unpaired) electrons. The van der Waals surface area contributed by atoms with Gasteiger partial charge in [-0.2, -0.15) is 0 Å². The van der Waals surface area contributed by atoms with Gasteiger partial charge in [-0.05, 0) is 18.3 Å². The van der Waals surface area contributed by atoms with Crippen LogP contribution in [-0.4, -0.2) is 20.6 Å². The van der Waals surface area contributed by atoms with E-state index in [-0.39, 0.29) is 30.5 Å². The summed E-state index contributed by atoms with van der Waals surface area (Å²) >= 11 is 11.4. The Bertz CT molecular complexity index is 884. The number of halogens is 3. The zero-order valence-electron chi connectivity index (χ0n) is 11.5. The summed E-state index contributed by atoms with van der Waals surface area (Å²) in [7, 11) is -2.66. The molecule has 0 fully saturated rings. The lowest BCUT2D eigenvalue weighted by Crippen LogP contribution is -2.37. The van der Waals surface area contributed by atoms with Crippen molar-refractivity contribution in [1.82, 2.24) is 10.0 Å². The van der Waals surface area contributed by atoms with Crippen LogP contribution in [0.2, 0.25) is 4.34 Å². The van der Waals surface area contributed by atoms with Gasteiger partial charge in [0, 0.05) is 18.2 Å². The van der Waals surface area contributed by atoms with Gasteiger partial charge in [0.1, 0.15) is 4.34 Å². The van der Waals surface area contributed by atoms with Gasteiger partial charge in [0.2, 0.25) is 0 Å². The van der Waals surface area contributed by atoms with Crippen LogP contribution in [0, 0.1) is 11.6 Å². The number of nitrogen functional groups attached to an aromatic ring is 1. The van der Waals surface area contributed by atoms with Gasteiger partial charge in [-0.25, -0.2) is 17.2 Å². The summed E-state index contributed by atoms with van der Waals surface area (Å²) in [5.41, 5.74) is 5.23. The van der Waals surface area contributed by atoms with Gasteiger partial charge in [0.05, 0.1) is 5.69 Å². The molecule has 0 bridgehead atoms. The largest absolute Gasteiger partial charge is 0.396 e. The van der Waals surface area contributed by atoms with E-state index in [1.807, 2.05) is 0 Å². The summed E-state index contributed by atoms with van der Waals surface area (Å²) in [4.78, 5) is 0. The molecule has 1 aromatic carbocycles. The summed E-state index contributed by atoms with van der Waals surface area (Å²) in [6, 6.07) is 3.45. The first-order valence-corrected chi connectivity index (χ1v) is 9.04. The smallest absolute Gasteiger partial charge is 0.275 e. The molecule has 2 rings (SSSR count). The maximum absolute atomic E-state index is 13.9. The Morgan fingerprint density at radius 3 is 2.65 bits per heavy atom. The Hall–Kier alpha value is -1.49. The lowest BCUT2D eigenvalue weighted by molar-refractivity contribution is 0.511. The van der Waals surface area contributed by atoms with E-state index < -0.39 is 21.7 Å². The number of thiophene rings is 1. The highest BCUT2D eigenvalue weighted by Crippen LogP contribution is 2.45. The first kappa shape index (κ1) is 17.9. The van der Waals surface area contributed by atoms with E-state index in [2.05, 4.69) is 10.0 Å². The van der Waals surface area contributed by atoms with Crippen molar-refractivity contribution >= 4 is 56.0 Å². The molecule has 0 aliphatic carbocycles. The zero-order chi connectivity index (χ0) is 17.4. The minimum absolute atomic E-state index is 0.0792. The molecule has 0 amide bonds. The number of nitrogens with two attached hydrogens (primary N) is 1. The predicted octanol–water partition coefficient (Wildman–Crippen LogP) is 2.71. The van der Waals surface area contributed by atoms with Crippen LogP contribution >= 0.6 is 35.2 Å². The van der Waals surface area contributed by atoms with E-state index in [1.54, 1.807) is 0 Å². The average Bonchev–Trinajstić information content (AvgIpc) is 2.77. The molecule has 23 heavy (non-hydrogen) atoms. The molecule has 1 aromatic heterocycles. The summed E-state index contributed by atoms with van der Waals surface area (Å²) in [6.45, 7) is 0. The van der Waals surface area contributed by atoms with Crippen molar-refractivity contribution in [2.45, 2.75) is 4.21 Å². The SMILES string of the molecule is CNC(=S)NS(=O)(=O)c1sc(Cl)c(-c2cccc(F)c2F)c1N. The summed E-state index contributed by atoms with van der Waals surface area (Å²) in [5, 5.41) is 2.30. The second-order valence-corrected chi connectivity index (χ2v) is 8.15. The fourth-order valence-electron chi connectivity index (χ4n) is 1.76. The van der Waals surface area contributed by atoms with Crippen LogP contribution < -0.4 is 15.8 Å². The Labute approximate surface area is 145 Å². The van der Waals surface area contributed by atoms with Crippen LogP contribution in [0.4, 0.5) is 14.5 Å². The van der Waals surface area contributed by atoms with Crippen LogP contribution in [0.25, 0.3) is 11.1 Å². The predicted molar refractivity (Wildman–Crippen MR) is 91.1 cm³/mol. The fraction of sp³-hybridized carbons (Fsp3) is 0.0833. The Morgan fingerprint density at radius 1 is 1.39 bits per heavy atom. The third kappa shape index (κ3) is 3.39. The van der Waals surface area contributed by atoms with E-state index in [0.717, 1.165) is 6.07 Å². The fourth-order valence-corrected chi connectivity index (χ4v) is 5.00. The topological polar surface area (TPSA) is 84.2 Å². The van der Waals surface area contributed by atoms with Gasteiger partial charge in [-0.3, -0.25) is 4.72 Å². The number of benzene rings is 1. The standard InChI is InChI=1S/C12H10ClF2N3O2S3/c1-17-12(21)18-23(19,20)11-9(16)7(10(13)22-11)5-3-2-4-6(14)8(5)15/h2-4H,16H2,1H3,(H2,17,18,21). The monoisotopic (exact) mass is 397 g/mol. The number of nitrogens with one attached hydrogen (secondary N) is 2. The van der Waals surface area contributed by atoms with Crippen LogP contribution in [0.1, 0.15) is 0 Å². The molecule has 11 heteroatoms. The van der Waals surface area contributed by atoms with Crippen molar-refractivity contribution in [3.63, 3.8) is 0 Å². The molecule has 0 aliphatic heterocycles. The van der Waals surface area contributed by atoms with Crippen molar-refractivity contribution in [3.05, 3.63) is 34.2 Å². The average molecular weight is 398 g/mol. The molecule has 0 unspecified atom stereocenters. The van der Waals surface area contributed by atoms with E-state index in [9.17, 15) is 17.2 Å². The third-order valence-corrected chi connectivity index (χ3v) is 6.52. The lowest BCUT2D eigenvalue weighted by atomic mass is 10.1. The minimum atomic E-state index is -4.10. The van der Waals surface area contributed by atoms with Gasteiger partial charge in [-0.1, -0.05) is 23.7 Å². The first-order valence-electron chi connectivity index (χ1n) is 5.95. The van der Waals surface area contributed by atoms with E-state index in [4.69, 9.17) is 29.6 Å². The molecular weight excluding hydrogens is 388 g/mol. The molecule has 4 N–H and O–H groups in total. The van der Waals surface area contributed by atoms with Crippen molar-refractivity contribution in [2.75, 3.05) is 12.8 Å². The van der Waals surface area contributed by atoms with Crippen LogP contribution in [-0.2, 0) is 10.0 Å². The van der Waals surface area contributed by atoms with Crippen molar-refractivity contribution in [2.24, 2.45) is 0 Å². The Morgan fingerprint density at radius 2 is 2.04 bits per heavy atom. The van der Waals surface area contributed by atoms with Gasteiger partial charge in [-0.15, -0.1) is 11.3 Å². The van der Waals surface area contributed by atoms with Gasteiger partial charge in [0.15, 0.2) is 21.0 Å². The molecule has 0 saturated heterocycles. The van der Waals surface area contributed by atoms with Gasteiger partial charge >= 0.3 is 0 Å². The van der Waals surface area contributed by atoms with Crippen LogP contribution in [0.15, 0.2) is 22.4 Å². The molecule has 0 spiro atoms. The maximum atomic E-state index is 13.9. The molecular formula is C12H10ClF2N3O2S3. The number of hydrogen-bond donors (Lipinski definition) is 3. The normalized spacial score (nSPS) is 11.3. The highest BCUT2D eigenvalue weighted by atomic mass is 35.5. The van der Waals surface area contributed by atoms with E-state index in [1.165, 1.54) is 19.2 Å². The highest BCUT2D eigenvalue weighted by Gasteiger charge is 2.28. The van der Waals surface area contributed by atoms with Gasteiger partial charge in [0.25, 0.3) is 10.0 Å². The number of sulfonamides is 1. The summed E-state index contributed by atoms with van der Waals surface area (Å²) in [5.74, 6) is -2.26. The lowest BCUT2D eigenvalue weighted by Gasteiger charge is -2.08. The zero-order valence-corrected chi connectivity index (χ0v) is 14.7. The maximum Gasteiger partial charge on any atom is 0.275 e.